The molecule has 0 N–H and O–H groups in total. The van der Waals surface area contributed by atoms with Gasteiger partial charge < -0.3 is 14.2 Å². The van der Waals surface area contributed by atoms with Gasteiger partial charge in [-0.05, 0) is 25.1 Å². The Morgan fingerprint density at radius 3 is 2.75 bits per heavy atom. The van der Waals surface area contributed by atoms with Gasteiger partial charge in [-0.2, -0.15) is 0 Å². The van der Waals surface area contributed by atoms with E-state index in [0.717, 1.165) is 25.3 Å². The first-order chi connectivity index (χ1) is 11.7. The van der Waals surface area contributed by atoms with E-state index in [9.17, 15) is 4.79 Å². The van der Waals surface area contributed by atoms with Crippen LogP contribution < -0.4 is 4.74 Å². The quantitative estimate of drug-likeness (QED) is 0.830. The highest BCUT2D eigenvalue weighted by Gasteiger charge is 2.24. The van der Waals surface area contributed by atoms with E-state index in [1.54, 1.807) is 24.5 Å². The predicted octanol–water partition coefficient (Wildman–Crippen LogP) is 2.68. The second kappa shape index (κ2) is 7.68. The van der Waals surface area contributed by atoms with Gasteiger partial charge in [-0.15, -0.1) is 0 Å². The van der Waals surface area contributed by atoms with Crippen LogP contribution in [-0.4, -0.2) is 53.6 Å². The lowest BCUT2D eigenvalue weighted by molar-refractivity contribution is 0.0622. The molecule has 1 saturated heterocycles. The summed E-state index contributed by atoms with van der Waals surface area (Å²) in [4.78, 5) is 16.9. The van der Waals surface area contributed by atoms with Crippen LogP contribution in [0.1, 0.15) is 23.0 Å². The number of benzene rings is 1. The number of ether oxygens (including phenoxy) is 1. The van der Waals surface area contributed by atoms with Crippen molar-refractivity contribution < 1.29 is 14.1 Å². The Balaban J connectivity index is 1.63. The number of carbonyl (C=O) groups is 1. The average molecular weight is 350 g/mol. The van der Waals surface area contributed by atoms with Crippen molar-refractivity contribution in [2.45, 2.75) is 13.5 Å². The van der Waals surface area contributed by atoms with Crippen LogP contribution in [0.5, 0.6) is 5.75 Å². The molecule has 1 amide bonds. The van der Waals surface area contributed by atoms with E-state index in [-0.39, 0.29) is 5.91 Å². The normalized spacial score (nSPS) is 15.5. The number of nitrogens with zero attached hydrogens (tertiary/aromatic N) is 3. The Labute approximate surface area is 145 Å². The van der Waals surface area contributed by atoms with Crippen molar-refractivity contribution in [3.63, 3.8) is 0 Å². The topological polar surface area (TPSA) is 58.8 Å². The number of hydrogen-bond donors (Lipinski definition) is 0. The number of hydrogen-bond acceptors (Lipinski definition) is 5. The van der Waals surface area contributed by atoms with E-state index < -0.39 is 0 Å². The molecule has 128 valence electrons. The third kappa shape index (κ3) is 3.88. The maximum absolute atomic E-state index is 12.8. The molecular weight excluding hydrogens is 330 g/mol. The first-order valence-corrected chi connectivity index (χ1v) is 8.38. The SMILES string of the molecule is CCOc1cc(Cl)ccc1C(=O)N1CCN(Cc2ccon2)CC1. The van der Waals surface area contributed by atoms with Gasteiger partial charge in [0.05, 0.1) is 17.9 Å². The van der Waals surface area contributed by atoms with Crippen molar-refractivity contribution in [1.82, 2.24) is 15.0 Å². The summed E-state index contributed by atoms with van der Waals surface area (Å²) in [6, 6.07) is 7.01. The molecule has 0 spiro atoms. The number of amides is 1. The Morgan fingerprint density at radius 1 is 1.29 bits per heavy atom. The standard InChI is InChI=1S/C17H20ClN3O3/c1-2-23-16-11-13(18)3-4-15(16)17(22)21-8-6-20(7-9-21)12-14-5-10-24-19-14/h3-5,10-11H,2,6-9,12H2,1H3. The van der Waals surface area contributed by atoms with Crippen molar-refractivity contribution >= 4 is 17.5 Å². The van der Waals surface area contributed by atoms with Crippen LogP contribution in [0.15, 0.2) is 35.1 Å². The molecule has 1 aromatic carbocycles. The molecule has 0 radical (unpaired) electrons. The van der Waals surface area contributed by atoms with E-state index in [0.29, 0.717) is 36.0 Å². The maximum Gasteiger partial charge on any atom is 0.257 e. The van der Waals surface area contributed by atoms with Gasteiger partial charge >= 0.3 is 0 Å². The molecule has 3 rings (SSSR count). The Kier molecular flexibility index (Phi) is 5.37. The number of rotatable bonds is 5. The third-order valence-electron chi connectivity index (χ3n) is 4.01. The minimum absolute atomic E-state index is 0.0174. The predicted molar refractivity (Wildman–Crippen MR) is 90.3 cm³/mol. The fourth-order valence-electron chi connectivity index (χ4n) is 2.78. The minimum atomic E-state index is -0.0174. The van der Waals surface area contributed by atoms with Crippen LogP contribution in [0.2, 0.25) is 5.02 Å². The van der Waals surface area contributed by atoms with Gasteiger partial charge in [-0.3, -0.25) is 9.69 Å². The van der Waals surface area contributed by atoms with Crippen LogP contribution >= 0.6 is 11.6 Å². The van der Waals surface area contributed by atoms with E-state index in [1.807, 2.05) is 17.9 Å². The van der Waals surface area contributed by atoms with Gasteiger partial charge in [0.2, 0.25) is 0 Å². The fraction of sp³-hybridized carbons (Fsp3) is 0.412. The maximum atomic E-state index is 12.8. The Hall–Kier alpha value is -2.05. The van der Waals surface area contributed by atoms with Crippen molar-refractivity contribution in [1.29, 1.82) is 0 Å². The van der Waals surface area contributed by atoms with Gasteiger partial charge in [-0.25, -0.2) is 0 Å². The molecule has 1 aliphatic heterocycles. The first-order valence-electron chi connectivity index (χ1n) is 8.00. The zero-order valence-electron chi connectivity index (χ0n) is 13.6. The summed E-state index contributed by atoms with van der Waals surface area (Å²) in [6.07, 6.45) is 1.57. The highest BCUT2D eigenvalue weighted by atomic mass is 35.5. The number of carbonyl (C=O) groups excluding carboxylic acids is 1. The fourth-order valence-corrected chi connectivity index (χ4v) is 2.94. The summed E-state index contributed by atoms with van der Waals surface area (Å²) < 4.78 is 10.4. The van der Waals surface area contributed by atoms with Crippen LogP contribution in [0.3, 0.4) is 0 Å². The molecule has 24 heavy (non-hydrogen) atoms. The van der Waals surface area contributed by atoms with Gasteiger partial charge in [-0.1, -0.05) is 16.8 Å². The molecule has 2 heterocycles. The molecule has 0 atom stereocenters. The van der Waals surface area contributed by atoms with Gasteiger partial charge in [0.15, 0.2) is 0 Å². The average Bonchev–Trinajstić information content (AvgIpc) is 3.08. The van der Waals surface area contributed by atoms with E-state index in [2.05, 4.69) is 10.1 Å². The summed E-state index contributed by atoms with van der Waals surface area (Å²) in [5.41, 5.74) is 1.47. The molecule has 0 saturated carbocycles. The van der Waals surface area contributed by atoms with Gasteiger partial charge in [0.25, 0.3) is 5.91 Å². The minimum Gasteiger partial charge on any atom is -0.493 e. The second-order valence-corrected chi connectivity index (χ2v) is 6.07. The van der Waals surface area contributed by atoms with Gasteiger partial charge in [0.1, 0.15) is 12.0 Å². The van der Waals surface area contributed by atoms with Crippen molar-refractivity contribution in [3.05, 3.63) is 46.8 Å². The largest absolute Gasteiger partial charge is 0.493 e. The number of halogens is 1. The summed E-state index contributed by atoms with van der Waals surface area (Å²) in [5.74, 6) is 0.524. The van der Waals surface area contributed by atoms with Crippen LogP contribution in [-0.2, 0) is 6.54 Å². The lowest BCUT2D eigenvalue weighted by atomic mass is 10.1. The van der Waals surface area contributed by atoms with E-state index in [4.69, 9.17) is 20.9 Å². The zero-order chi connectivity index (χ0) is 16.9. The Bertz CT molecular complexity index is 682. The zero-order valence-corrected chi connectivity index (χ0v) is 14.3. The van der Waals surface area contributed by atoms with E-state index in [1.165, 1.54) is 0 Å². The summed E-state index contributed by atoms with van der Waals surface area (Å²) in [6.45, 7) is 6.07. The van der Waals surface area contributed by atoms with Crippen LogP contribution in [0.25, 0.3) is 0 Å². The molecule has 0 bridgehead atoms. The lowest BCUT2D eigenvalue weighted by Crippen LogP contribution is -2.48. The van der Waals surface area contributed by atoms with Gasteiger partial charge in [0, 0.05) is 43.8 Å². The van der Waals surface area contributed by atoms with Crippen LogP contribution in [0.4, 0.5) is 0 Å². The second-order valence-electron chi connectivity index (χ2n) is 5.63. The molecule has 0 aliphatic carbocycles. The summed E-state index contributed by atoms with van der Waals surface area (Å²) >= 11 is 6.00. The summed E-state index contributed by atoms with van der Waals surface area (Å²) in [7, 11) is 0. The molecule has 2 aromatic rings. The van der Waals surface area contributed by atoms with Crippen molar-refractivity contribution in [2.75, 3.05) is 32.8 Å². The van der Waals surface area contributed by atoms with Crippen LogP contribution in [0, 0.1) is 0 Å². The lowest BCUT2D eigenvalue weighted by Gasteiger charge is -2.34. The first kappa shape index (κ1) is 16.8. The molecule has 1 fully saturated rings. The number of piperazine rings is 1. The molecular formula is C17H20ClN3O3. The smallest absolute Gasteiger partial charge is 0.257 e. The van der Waals surface area contributed by atoms with Crippen molar-refractivity contribution in [3.8, 4) is 5.75 Å². The van der Waals surface area contributed by atoms with E-state index >= 15 is 0 Å². The Morgan fingerprint density at radius 2 is 2.08 bits per heavy atom. The molecule has 6 nitrogen and oxygen atoms in total. The number of aromatic nitrogens is 1. The monoisotopic (exact) mass is 349 g/mol. The molecule has 0 unspecified atom stereocenters. The third-order valence-corrected chi connectivity index (χ3v) is 4.25. The van der Waals surface area contributed by atoms with Crippen molar-refractivity contribution in [2.24, 2.45) is 0 Å². The summed E-state index contributed by atoms with van der Waals surface area (Å²) in [5, 5.41) is 4.49. The molecule has 1 aliphatic rings. The highest BCUT2D eigenvalue weighted by Crippen LogP contribution is 2.25. The molecule has 1 aromatic heterocycles. The molecule has 7 heteroatoms. The highest BCUT2D eigenvalue weighted by molar-refractivity contribution is 6.30.